The fourth-order valence-electron chi connectivity index (χ4n) is 3.74. The van der Waals surface area contributed by atoms with Gasteiger partial charge in [0.2, 0.25) is 0 Å². The van der Waals surface area contributed by atoms with E-state index in [2.05, 4.69) is 0 Å². The molecule has 3 aromatic carbocycles. The number of halogens is 3. The van der Waals surface area contributed by atoms with Gasteiger partial charge in [-0.05, 0) is 80.4 Å². The normalized spacial score (nSPS) is 13.3. The molecule has 8 heteroatoms. The molecule has 3 nitrogen and oxygen atoms in total. The highest BCUT2D eigenvalue weighted by Gasteiger charge is 2.34. The first-order valence-electron chi connectivity index (χ1n) is 11.1. The number of hydrogen-bond donors (Lipinski definition) is 0. The van der Waals surface area contributed by atoms with Crippen LogP contribution in [0.1, 0.15) is 41.7 Å². The molecule has 4 aromatic rings. The van der Waals surface area contributed by atoms with Crippen molar-refractivity contribution in [2.45, 2.75) is 45.3 Å². The second kappa shape index (κ2) is 9.95. The highest BCUT2D eigenvalue weighted by molar-refractivity contribution is 7.99. The van der Waals surface area contributed by atoms with Gasteiger partial charge in [-0.25, -0.2) is 18.0 Å². The molecule has 0 saturated heterocycles. The largest absolute Gasteiger partial charge is 0.462 e. The number of ether oxygens (including phenoxy) is 1. The van der Waals surface area contributed by atoms with Crippen LogP contribution in [-0.2, 0) is 4.74 Å². The number of aromatic nitrogens is 1. The number of nitrogens with zero attached hydrogens (tertiary/aromatic N) is 1. The van der Waals surface area contributed by atoms with Crippen molar-refractivity contribution in [3.05, 3.63) is 89.4 Å². The Bertz CT molecular complexity index is 1410. The van der Waals surface area contributed by atoms with Crippen LogP contribution < -0.4 is 0 Å². The third-order valence-electron chi connectivity index (χ3n) is 5.54. The molecule has 35 heavy (non-hydrogen) atoms. The zero-order valence-electron chi connectivity index (χ0n) is 18.7. The molecule has 0 N–H and O–H groups in total. The SMILES string of the molecule is CCOC(=O)c1c(C2CC2)nc2cc(Sc3ccc(F)cc3)c(F)cc2c1Sc1ccc(F)cc1. The molecule has 0 radical (unpaired) electrons. The van der Waals surface area contributed by atoms with Gasteiger partial charge in [0.1, 0.15) is 17.5 Å². The van der Waals surface area contributed by atoms with Gasteiger partial charge in [-0.15, -0.1) is 0 Å². The van der Waals surface area contributed by atoms with E-state index in [0.29, 0.717) is 41.7 Å². The van der Waals surface area contributed by atoms with Gasteiger partial charge >= 0.3 is 5.97 Å². The molecule has 1 saturated carbocycles. The first-order valence-corrected chi connectivity index (χ1v) is 12.8. The van der Waals surface area contributed by atoms with Crippen molar-refractivity contribution in [1.82, 2.24) is 4.98 Å². The predicted octanol–water partition coefficient (Wildman–Crippen LogP) is 8.01. The van der Waals surface area contributed by atoms with Crippen molar-refractivity contribution in [3.8, 4) is 0 Å². The van der Waals surface area contributed by atoms with E-state index in [0.717, 1.165) is 12.8 Å². The van der Waals surface area contributed by atoms with E-state index in [-0.39, 0.29) is 24.2 Å². The summed E-state index contributed by atoms with van der Waals surface area (Å²) in [6.07, 6.45) is 1.81. The van der Waals surface area contributed by atoms with Crippen LogP contribution in [0.25, 0.3) is 10.9 Å². The monoisotopic (exact) mass is 511 g/mol. The van der Waals surface area contributed by atoms with Gasteiger partial charge < -0.3 is 4.74 Å². The quantitative estimate of drug-likeness (QED) is 0.235. The summed E-state index contributed by atoms with van der Waals surface area (Å²) in [6.45, 7) is 1.93. The molecule has 178 valence electrons. The Labute approximate surface area is 209 Å². The van der Waals surface area contributed by atoms with Crippen molar-refractivity contribution in [2.24, 2.45) is 0 Å². The summed E-state index contributed by atoms with van der Waals surface area (Å²) < 4.78 is 47.5. The maximum absolute atomic E-state index is 15.3. The molecular weight excluding hydrogens is 491 g/mol. The Morgan fingerprint density at radius 3 is 2.11 bits per heavy atom. The molecule has 1 aliphatic rings. The van der Waals surface area contributed by atoms with Crippen molar-refractivity contribution in [3.63, 3.8) is 0 Å². The second-order valence-electron chi connectivity index (χ2n) is 8.11. The lowest BCUT2D eigenvalue weighted by atomic mass is 10.1. The van der Waals surface area contributed by atoms with Gasteiger partial charge in [-0.3, -0.25) is 4.98 Å². The second-order valence-corrected chi connectivity index (χ2v) is 10.3. The summed E-state index contributed by atoms with van der Waals surface area (Å²) in [4.78, 5) is 20.1. The van der Waals surface area contributed by atoms with Crippen LogP contribution in [0, 0.1) is 17.5 Å². The molecule has 0 atom stereocenters. The van der Waals surface area contributed by atoms with Crippen LogP contribution in [0.15, 0.2) is 80.2 Å². The Kier molecular flexibility index (Phi) is 6.75. The lowest BCUT2D eigenvalue weighted by molar-refractivity contribution is 0.0520. The van der Waals surface area contributed by atoms with Gasteiger partial charge in [-0.1, -0.05) is 23.5 Å². The standard InChI is InChI=1S/C27H20F3NO2S2/c1-2-33-27(32)24-25(15-3-4-15)31-22-14-23(34-18-9-5-16(28)6-10-18)21(30)13-20(22)26(24)35-19-11-7-17(29)8-12-19/h5-15H,2-4H2,1H3. The Morgan fingerprint density at radius 2 is 1.54 bits per heavy atom. The summed E-state index contributed by atoms with van der Waals surface area (Å²) in [6, 6.07) is 14.8. The number of carbonyl (C=O) groups is 1. The molecule has 1 fully saturated rings. The minimum atomic E-state index is -0.501. The van der Waals surface area contributed by atoms with E-state index in [1.54, 1.807) is 37.3 Å². The van der Waals surface area contributed by atoms with Crippen molar-refractivity contribution >= 4 is 40.4 Å². The van der Waals surface area contributed by atoms with Gasteiger partial charge in [0.25, 0.3) is 0 Å². The number of hydrogen-bond acceptors (Lipinski definition) is 5. The fraction of sp³-hybridized carbons (Fsp3) is 0.185. The topological polar surface area (TPSA) is 39.2 Å². The average Bonchev–Trinajstić information content (AvgIpc) is 3.68. The smallest absolute Gasteiger partial charge is 0.341 e. The van der Waals surface area contributed by atoms with E-state index in [4.69, 9.17) is 9.72 Å². The number of esters is 1. The number of fused-ring (bicyclic) bond motifs is 1. The molecule has 0 unspecified atom stereocenters. The number of pyridine rings is 1. The fourth-order valence-corrected chi connectivity index (χ4v) is 5.67. The third kappa shape index (κ3) is 5.18. The predicted molar refractivity (Wildman–Crippen MR) is 131 cm³/mol. The zero-order valence-corrected chi connectivity index (χ0v) is 20.3. The van der Waals surface area contributed by atoms with Gasteiger partial charge in [0, 0.05) is 26.0 Å². The highest BCUT2D eigenvalue weighted by atomic mass is 32.2. The molecule has 5 rings (SSSR count). The van der Waals surface area contributed by atoms with Crippen LogP contribution in [-0.4, -0.2) is 17.6 Å². The zero-order chi connectivity index (χ0) is 24.5. The van der Waals surface area contributed by atoms with Crippen molar-refractivity contribution in [1.29, 1.82) is 0 Å². The van der Waals surface area contributed by atoms with Gasteiger partial charge in [-0.2, -0.15) is 0 Å². The third-order valence-corrected chi connectivity index (χ3v) is 7.71. The van der Waals surface area contributed by atoms with Crippen LogP contribution in [0.4, 0.5) is 13.2 Å². The van der Waals surface area contributed by atoms with E-state index in [9.17, 15) is 13.6 Å². The maximum atomic E-state index is 15.3. The lowest BCUT2D eigenvalue weighted by Crippen LogP contribution is -2.12. The van der Waals surface area contributed by atoms with Crippen LogP contribution in [0.2, 0.25) is 0 Å². The molecule has 0 aliphatic heterocycles. The first-order chi connectivity index (χ1) is 16.9. The number of carbonyl (C=O) groups excluding carboxylic acids is 1. The minimum absolute atomic E-state index is 0.129. The summed E-state index contributed by atoms with van der Waals surface area (Å²) in [5.74, 6) is -1.59. The minimum Gasteiger partial charge on any atom is -0.462 e. The molecule has 1 heterocycles. The van der Waals surface area contributed by atoms with Crippen LogP contribution in [0.5, 0.6) is 0 Å². The van der Waals surface area contributed by atoms with E-state index in [1.807, 2.05) is 0 Å². The molecular formula is C27H20F3NO2S2. The molecule has 1 aliphatic carbocycles. The van der Waals surface area contributed by atoms with Gasteiger partial charge in [0.05, 0.1) is 28.3 Å². The lowest BCUT2D eigenvalue weighted by Gasteiger charge is -2.17. The summed E-state index contributed by atoms with van der Waals surface area (Å²) in [5.41, 5.74) is 1.54. The van der Waals surface area contributed by atoms with Crippen molar-refractivity contribution < 1.29 is 22.7 Å². The van der Waals surface area contributed by atoms with Crippen LogP contribution in [0.3, 0.4) is 0 Å². The molecule has 1 aromatic heterocycles. The highest BCUT2D eigenvalue weighted by Crippen LogP contribution is 2.47. The van der Waals surface area contributed by atoms with E-state index >= 15 is 4.39 Å². The molecule has 0 bridgehead atoms. The van der Waals surface area contributed by atoms with E-state index < -0.39 is 11.8 Å². The van der Waals surface area contributed by atoms with Gasteiger partial charge in [0.15, 0.2) is 0 Å². The average molecular weight is 512 g/mol. The number of rotatable bonds is 7. The summed E-state index contributed by atoms with van der Waals surface area (Å²) in [5, 5.41) is 0.479. The molecule has 0 amide bonds. The van der Waals surface area contributed by atoms with E-state index in [1.165, 1.54) is 53.9 Å². The maximum Gasteiger partial charge on any atom is 0.341 e. The Hall–Kier alpha value is -2.97. The summed E-state index contributed by atoms with van der Waals surface area (Å²) in [7, 11) is 0. The van der Waals surface area contributed by atoms with Crippen molar-refractivity contribution in [2.75, 3.05) is 6.61 Å². The summed E-state index contributed by atoms with van der Waals surface area (Å²) >= 11 is 2.44. The Balaban J connectivity index is 1.68. The number of benzene rings is 3. The Morgan fingerprint density at radius 1 is 0.943 bits per heavy atom. The van der Waals surface area contributed by atoms with Crippen LogP contribution >= 0.6 is 23.5 Å². The first kappa shape index (κ1) is 23.8. The molecule has 0 spiro atoms.